The second-order valence-corrected chi connectivity index (χ2v) is 7.86. The molecule has 1 aliphatic heterocycles. The Morgan fingerprint density at radius 2 is 1.84 bits per heavy atom. The molecule has 150 valence electrons. The highest BCUT2D eigenvalue weighted by molar-refractivity contribution is 6.16. The number of nitrogens with zero attached hydrogens (tertiary/aromatic N) is 1. The molecule has 6 rings (SSSR count). The Morgan fingerprint density at radius 1 is 0.935 bits per heavy atom. The van der Waals surface area contributed by atoms with Crippen molar-refractivity contribution in [2.45, 2.75) is 25.7 Å². The molecule has 0 bridgehead atoms. The number of para-hydroxylation sites is 1. The van der Waals surface area contributed by atoms with Crippen LogP contribution in [0.3, 0.4) is 0 Å². The smallest absolute Gasteiger partial charge is 0.168 e. The van der Waals surface area contributed by atoms with E-state index >= 15 is 0 Å². The Bertz CT molecular complexity index is 1310. The average molecular weight is 403 g/mol. The van der Waals surface area contributed by atoms with Crippen LogP contribution in [0.15, 0.2) is 84.7 Å². The van der Waals surface area contributed by atoms with Crippen LogP contribution in [0, 0.1) is 11.3 Å². The number of ether oxygens (including phenoxy) is 1. The molecule has 31 heavy (non-hydrogen) atoms. The summed E-state index contributed by atoms with van der Waals surface area (Å²) in [5, 5.41) is 11.0. The van der Waals surface area contributed by atoms with Gasteiger partial charge in [-0.3, -0.25) is 4.79 Å². The maximum absolute atomic E-state index is 12.6. The van der Waals surface area contributed by atoms with Gasteiger partial charge in [0.05, 0.1) is 17.9 Å². The van der Waals surface area contributed by atoms with Crippen molar-refractivity contribution in [1.82, 2.24) is 0 Å². The first-order chi connectivity index (χ1) is 15.3. The third-order valence-electron chi connectivity index (χ3n) is 6.00. The van der Waals surface area contributed by atoms with Crippen molar-refractivity contribution in [2.24, 2.45) is 0 Å². The number of allylic oxidation sites excluding steroid dienone is 5. The second kappa shape index (κ2) is 8.08. The highest BCUT2D eigenvalue weighted by Crippen LogP contribution is 2.40. The summed E-state index contributed by atoms with van der Waals surface area (Å²) in [6, 6.07) is 19.9. The summed E-state index contributed by atoms with van der Waals surface area (Å²) < 4.78 is 5.24. The molecule has 0 fully saturated rings. The van der Waals surface area contributed by atoms with Crippen LogP contribution in [-0.4, -0.2) is 5.78 Å². The molecule has 3 aromatic rings. The van der Waals surface area contributed by atoms with E-state index in [1.54, 1.807) is 12.3 Å². The summed E-state index contributed by atoms with van der Waals surface area (Å²) >= 11 is 0. The van der Waals surface area contributed by atoms with Crippen molar-refractivity contribution in [3.05, 3.63) is 107 Å². The van der Waals surface area contributed by atoms with Crippen LogP contribution in [0.1, 0.15) is 46.3 Å². The molecular weight excluding hydrogens is 382 g/mol. The molecule has 3 nitrogen and oxygen atoms in total. The number of ketones is 1. The maximum atomic E-state index is 12.6. The summed E-state index contributed by atoms with van der Waals surface area (Å²) in [7, 11) is 0. The summed E-state index contributed by atoms with van der Waals surface area (Å²) in [6.45, 7) is 0. The van der Waals surface area contributed by atoms with Crippen molar-refractivity contribution in [2.75, 3.05) is 0 Å². The number of hydrogen-bond acceptors (Lipinski definition) is 3. The van der Waals surface area contributed by atoms with Crippen molar-refractivity contribution in [3.8, 4) is 11.8 Å². The van der Waals surface area contributed by atoms with Crippen molar-refractivity contribution in [1.29, 1.82) is 5.26 Å². The molecule has 0 atom stereocenters. The number of carbonyl (C=O) groups excluding carboxylic acids is 1. The van der Waals surface area contributed by atoms with E-state index in [4.69, 9.17) is 4.74 Å². The highest BCUT2D eigenvalue weighted by Gasteiger charge is 2.26. The Kier molecular flexibility index (Phi) is 4.98. The summed E-state index contributed by atoms with van der Waals surface area (Å²) in [5.74, 6) is 1.17. The minimum absolute atomic E-state index is 0.180. The molecule has 2 aliphatic carbocycles. The van der Waals surface area contributed by atoms with Gasteiger partial charge in [-0.2, -0.15) is 5.26 Å². The van der Waals surface area contributed by atoms with E-state index in [-0.39, 0.29) is 5.78 Å². The first kappa shape index (κ1) is 19.1. The quantitative estimate of drug-likeness (QED) is 0.428. The van der Waals surface area contributed by atoms with E-state index in [2.05, 4.69) is 24.3 Å². The molecule has 0 amide bonds. The molecule has 3 aromatic carbocycles. The lowest BCUT2D eigenvalue weighted by Crippen LogP contribution is -2.14. The molecule has 0 aromatic heterocycles. The van der Waals surface area contributed by atoms with Gasteiger partial charge in [0.15, 0.2) is 5.78 Å². The maximum Gasteiger partial charge on any atom is 0.168 e. The standard InChI is InChI=1S/C19H13NO.C9H8O/c20-11-13-5-3-7-16-15(13)8-9-17-14-6-2-1-4-12(14)10-18(21)19(16)17;1-2-6-9-8(4-1)5-3-7-10-9/h2-3,5-9H,1,4,10H2;1-4,6-7H,5H2. The summed E-state index contributed by atoms with van der Waals surface area (Å²) in [4.78, 5) is 12.6. The normalized spacial score (nSPS) is 15.8. The Morgan fingerprint density at radius 3 is 2.71 bits per heavy atom. The number of Topliss-reactive ketones (excluding diaryl/α,β-unsaturated/α-hetero) is 1. The van der Waals surface area contributed by atoms with E-state index in [0.29, 0.717) is 12.0 Å². The number of nitriles is 1. The number of carbonyl (C=O) groups is 1. The fraction of sp³-hybridized carbons (Fsp3) is 0.143. The van der Waals surface area contributed by atoms with Crippen LogP contribution in [-0.2, 0) is 6.42 Å². The largest absolute Gasteiger partial charge is 0.465 e. The lowest BCUT2D eigenvalue weighted by Gasteiger charge is -2.24. The number of benzene rings is 3. The van der Waals surface area contributed by atoms with Gasteiger partial charge in [0.25, 0.3) is 0 Å². The third-order valence-corrected chi connectivity index (χ3v) is 6.00. The zero-order valence-corrected chi connectivity index (χ0v) is 17.1. The second-order valence-electron chi connectivity index (χ2n) is 7.86. The fourth-order valence-corrected chi connectivity index (χ4v) is 4.52. The molecule has 0 radical (unpaired) electrons. The number of rotatable bonds is 0. The van der Waals surface area contributed by atoms with Crippen LogP contribution in [0.2, 0.25) is 0 Å². The molecule has 0 saturated heterocycles. The minimum Gasteiger partial charge on any atom is -0.465 e. The van der Waals surface area contributed by atoms with Crippen LogP contribution < -0.4 is 4.74 Å². The van der Waals surface area contributed by atoms with Gasteiger partial charge in [-0.1, -0.05) is 60.2 Å². The van der Waals surface area contributed by atoms with Crippen molar-refractivity contribution < 1.29 is 9.53 Å². The van der Waals surface area contributed by atoms with Gasteiger partial charge in [0, 0.05) is 17.4 Å². The first-order valence-electron chi connectivity index (χ1n) is 10.5. The Hall–Kier alpha value is -3.90. The number of hydrogen-bond donors (Lipinski definition) is 0. The van der Waals surface area contributed by atoms with E-state index < -0.39 is 0 Å². The van der Waals surface area contributed by atoms with E-state index in [1.165, 1.54) is 16.7 Å². The predicted molar refractivity (Wildman–Crippen MR) is 123 cm³/mol. The zero-order chi connectivity index (χ0) is 21.2. The van der Waals surface area contributed by atoms with E-state index in [9.17, 15) is 10.1 Å². The van der Waals surface area contributed by atoms with Crippen molar-refractivity contribution >= 4 is 22.1 Å². The number of fused-ring (bicyclic) bond motifs is 5. The molecule has 0 N–H and O–H groups in total. The van der Waals surface area contributed by atoms with Gasteiger partial charge in [0.2, 0.25) is 0 Å². The monoisotopic (exact) mass is 403 g/mol. The van der Waals surface area contributed by atoms with Gasteiger partial charge < -0.3 is 4.74 Å². The van der Waals surface area contributed by atoms with Gasteiger partial charge >= 0.3 is 0 Å². The van der Waals surface area contributed by atoms with Crippen molar-refractivity contribution in [3.63, 3.8) is 0 Å². The van der Waals surface area contributed by atoms with Gasteiger partial charge in [-0.25, -0.2) is 0 Å². The van der Waals surface area contributed by atoms with E-state index in [0.717, 1.165) is 46.9 Å². The Labute approximate surface area is 181 Å². The topological polar surface area (TPSA) is 50.1 Å². The van der Waals surface area contributed by atoms with Crippen LogP contribution >= 0.6 is 0 Å². The molecule has 0 spiro atoms. The molecule has 1 heterocycles. The molecule has 0 unspecified atom stereocenters. The van der Waals surface area contributed by atoms with Crippen LogP contribution in [0.5, 0.6) is 5.75 Å². The predicted octanol–water partition coefficient (Wildman–Crippen LogP) is 6.54. The average Bonchev–Trinajstić information content (AvgIpc) is 2.83. The van der Waals surface area contributed by atoms with Gasteiger partial charge in [-0.15, -0.1) is 0 Å². The van der Waals surface area contributed by atoms with E-state index in [1.807, 2.05) is 48.5 Å². The summed E-state index contributed by atoms with van der Waals surface area (Å²) in [5.41, 5.74) is 6.17. The van der Waals surface area contributed by atoms with Gasteiger partial charge in [-0.05, 0) is 59.6 Å². The Balaban J connectivity index is 0.000000171. The summed E-state index contributed by atoms with van der Waals surface area (Å²) in [6.07, 6.45) is 11.6. The molecular formula is C28H21NO2. The molecule has 3 aliphatic rings. The van der Waals surface area contributed by atoms with Crippen LogP contribution in [0.25, 0.3) is 16.3 Å². The highest BCUT2D eigenvalue weighted by atomic mass is 16.5. The molecule has 0 saturated carbocycles. The third kappa shape index (κ3) is 3.47. The SMILES string of the molecule is C1=COc2ccccc2C1.N#Cc1cccc2c3c(ccc12)C1=C(CCC=C1)CC3=O. The molecule has 3 heteroatoms. The lowest BCUT2D eigenvalue weighted by molar-refractivity contribution is 0.0992. The fourth-order valence-electron chi connectivity index (χ4n) is 4.52. The minimum atomic E-state index is 0.180. The lowest BCUT2D eigenvalue weighted by atomic mass is 9.78. The van der Waals surface area contributed by atoms with Crippen LogP contribution in [0.4, 0.5) is 0 Å². The van der Waals surface area contributed by atoms with Gasteiger partial charge in [0.1, 0.15) is 5.75 Å². The first-order valence-corrected chi connectivity index (χ1v) is 10.5. The zero-order valence-electron chi connectivity index (χ0n) is 17.1.